The summed E-state index contributed by atoms with van der Waals surface area (Å²) in [4.78, 5) is 17.3. The Hall–Kier alpha value is -2.23. The van der Waals surface area contributed by atoms with Crippen LogP contribution in [0.25, 0.3) is 0 Å². The number of benzene rings is 1. The number of nitrogens with zero attached hydrogens (tertiary/aromatic N) is 2. The van der Waals surface area contributed by atoms with Crippen LogP contribution in [-0.2, 0) is 0 Å². The molecule has 0 aliphatic rings. The number of anilines is 1. The first-order valence-electron chi connectivity index (χ1n) is 5.71. The summed E-state index contributed by atoms with van der Waals surface area (Å²) < 4.78 is 13.5. The molecule has 92 valence electrons. The molecular formula is C14H13FN2O. The molecule has 0 atom stereocenters. The second kappa shape index (κ2) is 5.40. The van der Waals surface area contributed by atoms with Crippen LogP contribution in [0.2, 0.25) is 0 Å². The Morgan fingerprint density at radius 2 is 1.94 bits per heavy atom. The van der Waals surface area contributed by atoms with E-state index in [-0.39, 0.29) is 11.5 Å². The summed E-state index contributed by atoms with van der Waals surface area (Å²) in [6.07, 6.45) is 1.32. The molecule has 1 aromatic carbocycles. The highest BCUT2D eigenvalue weighted by Gasteiger charge is 2.19. The Morgan fingerprint density at radius 1 is 1.22 bits per heavy atom. The number of hydrogen-bond acceptors (Lipinski definition) is 2. The smallest absolute Gasteiger partial charge is 0.262 e. The summed E-state index contributed by atoms with van der Waals surface area (Å²) in [5.74, 6) is -1.12. The van der Waals surface area contributed by atoms with Crippen LogP contribution < -0.4 is 4.90 Å². The monoisotopic (exact) mass is 244 g/mol. The van der Waals surface area contributed by atoms with Gasteiger partial charge < -0.3 is 4.90 Å². The van der Waals surface area contributed by atoms with Crippen LogP contribution in [0.3, 0.4) is 0 Å². The number of aromatic nitrogens is 1. The second-order valence-electron chi connectivity index (χ2n) is 3.73. The summed E-state index contributed by atoms with van der Waals surface area (Å²) in [5, 5.41) is 0. The van der Waals surface area contributed by atoms with Crippen molar-refractivity contribution in [1.29, 1.82) is 0 Å². The predicted molar refractivity (Wildman–Crippen MR) is 68.0 cm³/mol. The summed E-state index contributed by atoms with van der Waals surface area (Å²) in [6.45, 7) is 2.32. The Morgan fingerprint density at radius 3 is 2.56 bits per heavy atom. The molecule has 1 heterocycles. The number of carbonyl (C=O) groups excluding carboxylic acids is 1. The molecule has 0 N–H and O–H groups in total. The van der Waals surface area contributed by atoms with Crippen molar-refractivity contribution in [3.8, 4) is 0 Å². The molecule has 0 saturated carbocycles. The van der Waals surface area contributed by atoms with Crippen molar-refractivity contribution >= 4 is 11.6 Å². The lowest BCUT2D eigenvalue weighted by molar-refractivity contribution is 0.0983. The van der Waals surface area contributed by atoms with Gasteiger partial charge in [-0.05, 0) is 31.2 Å². The van der Waals surface area contributed by atoms with Gasteiger partial charge in [0.25, 0.3) is 5.91 Å². The number of halogens is 1. The molecule has 0 spiro atoms. The van der Waals surface area contributed by atoms with E-state index in [0.717, 1.165) is 5.69 Å². The minimum Gasteiger partial charge on any atom is -0.309 e. The zero-order chi connectivity index (χ0) is 13.0. The van der Waals surface area contributed by atoms with E-state index in [9.17, 15) is 9.18 Å². The quantitative estimate of drug-likeness (QED) is 0.778. The van der Waals surface area contributed by atoms with Crippen molar-refractivity contribution < 1.29 is 9.18 Å². The molecule has 0 fully saturated rings. The molecule has 4 heteroatoms. The highest BCUT2D eigenvalue weighted by molar-refractivity contribution is 6.06. The predicted octanol–water partition coefficient (Wildman–Crippen LogP) is 2.89. The van der Waals surface area contributed by atoms with Gasteiger partial charge in [-0.1, -0.05) is 18.2 Å². The van der Waals surface area contributed by atoms with Crippen LogP contribution in [0.15, 0.2) is 48.7 Å². The molecule has 0 radical (unpaired) electrons. The third-order valence-electron chi connectivity index (χ3n) is 2.62. The lowest BCUT2D eigenvalue weighted by atomic mass is 10.2. The van der Waals surface area contributed by atoms with E-state index in [0.29, 0.717) is 6.54 Å². The number of para-hydroxylation sites is 1. The van der Waals surface area contributed by atoms with E-state index in [1.807, 2.05) is 37.3 Å². The Balaban J connectivity index is 2.35. The van der Waals surface area contributed by atoms with Crippen LogP contribution in [0.4, 0.5) is 10.1 Å². The van der Waals surface area contributed by atoms with E-state index >= 15 is 0 Å². The highest BCUT2D eigenvalue weighted by Crippen LogP contribution is 2.17. The van der Waals surface area contributed by atoms with Gasteiger partial charge in [0.2, 0.25) is 5.95 Å². The SMILES string of the molecule is CCN(C(=O)c1cccnc1F)c1ccccc1. The van der Waals surface area contributed by atoms with E-state index in [1.54, 1.807) is 6.07 Å². The second-order valence-corrected chi connectivity index (χ2v) is 3.73. The van der Waals surface area contributed by atoms with Crippen LogP contribution >= 0.6 is 0 Å². The van der Waals surface area contributed by atoms with Gasteiger partial charge in [-0.25, -0.2) is 4.98 Å². The Kier molecular flexibility index (Phi) is 3.67. The minimum atomic E-state index is -0.739. The molecule has 0 aliphatic heterocycles. The molecule has 3 nitrogen and oxygen atoms in total. The van der Waals surface area contributed by atoms with E-state index in [1.165, 1.54) is 17.2 Å². The molecule has 18 heavy (non-hydrogen) atoms. The van der Waals surface area contributed by atoms with Crippen molar-refractivity contribution in [3.63, 3.8) is 0 Å². The normalized spacial score (nSPS) is 10.1. The molecule has 2 aromatic rings. The lowest BCUT2D eigenvalue weighted by Gasteiger charge is -2.20. The van der Waals surface area contributed by atoms with Gasteiger partial charge in [0.05, 0.1) is 5.56 Å². The number of amides is 1. The van der Waals surface area contributed by atoms with Crippen molar-refractivity contribution in [2.75, 3.05) is 11.4 Å². The molecule has 0 bridgehead atoms. The summed E-state index contributed by atoms with van der Waals surface area (Å²) in [6, 6.07) is 12.2. The number of pyridine rings is 1. The number of hydrogen-bond donors (Lipinski definition) is 0. The lowest BCUT2D eigenvalue weighted by Crippen LogP contribution is -2.31. The molecule has 1 amide bonds. The van der Waals surface area contributed by atoms with Crippen molar-refractivity contribution in [3.05, 3.63) is 60.2 Å². The largest absolute Gasteiger partial charge is 0.309 e. The summed E-state index contributed by atoms with van der Waals surface area (Å²) in [5.41, 5.74) is 0.733. The third-order valence-corrected chi connectivity index (χ3v) is 2.62. The fourth-order valence-electron chi connectivity index (χ4n) is 1.74. The highest BCUT2D eigenvalue weighted by atomic mass is 19.1. The van der Waals surface area contributed by atoms with Gasteiger partial charge in [0.1, 0.15) is 0 Å². The Labute approximate surface area is 105 Å². The van der Waals surface area contributed by atoms with Gasteiger partial charge in [0.15, 0.2) is 0 Å². The zero-order valence-electron chi connectivity index (χ0n) is 10.0. The maximum Gasteiger partial charge on any atom is 0.262 e. The van der Waals surface area contributed by atoms with Crippen molar-refractivity contribution in [2.24, 2.45) is 0 Å². The van der Waals surface area contributed by atoms with Crippen molar-refractivity contribution in [2.45, 2.75) is 6.92 Å². The van der Waals surface area contributed by atoms with Gasteiger partial charge in [0, 0.05) is 18.4 Å². The van der Waals surface area contributed by atoms with Gasteiger partial charge >= 0.3 is 0 Å². The molecule has 0 unspecified atom stereocenters. The maximum absolute atomic E-state index is 13.5. The van der Waals surface area contributed by atoms with Crippen LogP contribution in [0.5, 0.6) is 0 Å². The minimum absolute atomic E-state index is 0.0109. The average molecular weight is 244 g/mol. The molecule has 0 saturated heterocycles. The number of carbonyl (C=O) groups is 1. The first-order valence-corrected chi connectivity index (χ1v) is 5.71. The fourth-order valence-corrected chi connectivity index (χ4v) is 1.74. The van der Waals surface area contributed by atoms with E-state index in [2.05, 4.69) is 4.98 Å². The number of rotatable bonds is 3. The molecular weight excluding hydrogens is 231 g/mol. The fraction of sp³-hybridized carbons (Fsp3) is 0.143. The first kappa shape index (κ1) is 12.2. The van der Waals surface area contributed by atoms with Gasteiger partial charge in [-0.15, -0.1) is 0 Å². The maximum atomic E-state index is 13.5. The summed E-state index contributed by atoms with van der Waals surface area (Å²) >= 11 is 0. The third kappa shape index (κ3) is 2.37. The van der Waals surface area contributed by atoms with Crippen LogP contribution in [-0.4, -0.2) is 17.4 Å². The molecule has 2 rings (SSSR count). The van der Waals surface area contributed by atoms with Gasteiger partial charge in [-0.2, -0.15) is 4.39 Å². The van der Waals surface area contributed by atoms with Crippen LogP contribution in [0.1, 0.15) is 17.3 Å². The standard InChI is InChI=1S/C14H13FN2O/c1-2-17(11-7-4-3-5-8-11)14(18)12-9-6-10-16-13(12)15/h3-10H,2H2,1H3. The first-order chi connectivity index (χ1) is 8.74. The van der Waals surface area contributed by atoms with Crippen LogP contribution in [0, 0.1) is 5.95 Å². The van der Waals surface area contributed by atoms with Crippen molar-refractivity contribution in [1.82, 2.24) is 4.98 Å². The molecule has 0 aliphatic carbocycles. The average Bonchev–Trinajstić information content (AvgIpc) is 2.41. The summed E-state index contributed by atoms with van der Waals surface area (Å²) in [7, 11) is 0. The molecule has 1 aromatic heterocycles. The zero-order valence-corrected chi connectivity index (χ0v) is 10.0. The van der Waals surface area contributed by atoms with E-state index in [4.69, 9.17) is 0 Å². The van der Waals surface area contributed by atoms with Gasteiger partial charge in [-0.3, -0.25) is 4.79 Å². The topological polar surface area (TPSA) is 33.2 Å². The Bertz CT molecular complexity index is 543. The van der Waals surface area contributed by atoms with E-state index < -0.39 is 5.95 Å².